The molecule has 1 aromatic rings. The molecule has 1 saturated heterocycles. The normalized spacial score (nSPS) is 21.8. The summed E-state index contributed by atoms with van der Waals surface area (Å²) in [5.41, 5.74) is 0. The summed E-state index contributed by atoms with van der Waals surface area (Å²) >= 11 is 5.87. The summed E-state index contributed by atoms with van der Waals surface area (Å²) in [6.07, 6.45) is 4.31. The van der Waals surface area contributed by atoms with Crippen LogP contribution in [-0.4, -0.2) is 24.3 Å². The second-order valence-corrected chi connectivity index (χ2v) is 3.32. The van der Waals surface area contributed by atoms with E-state index in [1.165, 1.54) is 0 Å². The van der Waals surface area contributed by atoms with E-state index in [9.17, 15) is 0 Å². The fourth-order valence-corrected chi connectivity index (χ4v) is 1.41. The van der Waals surface area contributed by atoms with Crippen LogP contribution >= 0.6 is 11.6 Å². The predicted molar refractivity (Wildman–Crippen MR) is 49.1 cm³/mol. The Morgan fingerprint density at radius 1 is 1.62 bits per heavy atom. The zero-order valence-corrected chi connectivity index (χ0v) is 7.83. The van der Waals surface area contributed by atoms with E-state index in [1.54, 1.807) is 18.5 Å². The molecule has 0 aliphatic carbocycles. The first-order valence-electron chi connectivity index (χ1n) is 4.20. The Morgan fingerprint density at radius 2 is 2.54 bits per heavy atom. The first-order valence-corrected chi connectivity index (χ1v) is 4.58. The summed E-state index contributed by atoms with van der Waals surface area (Å²) in [5.74, 6) is 0.687. The molecule has 0 spiro atoms. The average Bonchev–Trinajstić information content (AvgIpc) is 2.61. The third-order valence-corrected chi connectivity index (χ3v) is 2.20. The van der Waals surface area contributed by atoms with Crippen molar-refractivity contribution < 1.29 is 9.47 Å². The van der Waals surface area contributed by atoms with E-state index in [2.05, 4.69) is 4.98 Å². The zero-order chi connectivity index (χ0) is 9.10. The van der Waals surface area contributed by atoms with Crippen molar-refractivity contribution in [2.24, 2.45) is 0 Å². The van der Waals surface area contributed by atoms with Gasteiger partial charge in [0.2, 0.25) is 0 Å². The van der Waals surface area contributed by atoms with Gasteiger partial charge in [-0.25, -0.2) is 0 Å². The van der Waals surface area contributed by atoms with Crippen LogP contribution in [0.25, 0.3) is 0 Å². The number of hydrogen-bond donors (Lipinski definition) is 0. The predicted octanol–water partition coefficient (Wildman–Crippen LogP) is 1.90. The fraction of sp³-hybridized carbons (Fsp3) is 0.444. The molecule has 1 unspecified atom stereocenters. The van der Waals surface area contributed by atoms with E-state index in [-0.39, 0.29) is 6.10 Å². The quantitative estimate of drug-likeness (QED) is 0.729. The highest BCUT2D eigenvalue weighted by molar-refractivity contribution is 6.31. The SMILES string of the molecule is Clc1cnccc1OC1CCOC1. The summed E-state index contributed by atoms with van der Waals surface area (Å²) < 4.78 is 10.8. The summed E-state index contributed by atoms with van der Waals surface area (Å²) in [6, 6.07) is 1.76. The van der Waals surface area contributed by atoms with Gasteiger partial charge in [0.15, 0.2) is 0 Å². The molecule has 70 valence electrons. The molecule has 0 amide bonds. The lowest BCUT2D eigenvalue weighted by Crippen LogP contribution is -2.15. The van der Waals surface area contributed by atoms with E-state index in [0.717, 1.165) is 13.0 Å². The summed E-state index contributed by atoms with van der Waals surface area (Å²) in [7, 11) is 0. The largest absolute Gasteiger partial charge is 0.486 e. The summed E-state index contributed by atoms with van der Waals surface area (Å²) in [5, 5.41) is 0.550. The lowest BCUT2D eigenvalue weighted by Gasteiger charge is -2.12. The van der Waals surface area contributed by atoms with Gasteiger partial charge in [0, 0.05) is 24.9 Å². The van der Waals surface area contributed by atoms with E-state index in [4.69, 9.17) is 21.1 Å². The summed E-state index contributed by atoms with van der Waals surface area (Å²) in [6.45, 7) is 1.42. The lowest BCUT2D eigenvalue weighted by molar-refractivity contribution is 0.141. The molecular formula is C9H10ClNO2. The number of pyridine rings is 1. The third kappa shape index (κ3) is 2.11. The molecule has 0 saturated carbocycles. The molecule has 4 heteroatoms. The molecule has 0 N–H and O–H groups in total. The highest BCUT2D eigenvalue weighted by atomic mass is 35.5. The van der Waals surface area contributed by atoms with Crippen LogP contribution < -0.4 is 4.74 Å². The minimum atomic E-state index is 0.139. The van der Waals surface area contributed by atoms with Gasteiger partial charge < -0.3 is 9.47 Å². The molecule has 1 aliphatic rings. The first kappa shape index (κ1) is 8.78. The minimum absolute atomic E-state index is 0.139. The lowest BCUT2D eigenvalue weighted by atomic mass is 10.3. The van der Waals surface area contributed by atoms with E-state index in [0.29, 0.717) is 17.4 Å². The monoisotopic (exact) mass is 199 g/mol. The highest BCUT2D eigenvalue weighted by Crippen LogP contribution is 2.24. The van der Waals surface area contributed by atoms with Gasteiger partial charge in [-0.15, -0.1) is 0 Å². The van der Waals surface area contributed by atoms with E-state index in [1.807, 2.05) is 0 Å². The Kier molecular flexibility index (Phi) is 2.66. The van der Waals surface area contributed by atoms with Crippen LogP contribution in [0.3, 0.4) is 0 Å². The van der Waals surface area contributed by atoms with Crippen molar-refractivity contribution in [1.82, 2.24) is 4.98 Å². The van der Waals surface area contributed by atoms with Crippen molar-refractivity contribution >= 4 is 11.6 Å². The number of aromatic nitrogens is 1. The average molecular weight is 200 g/mol. The second kappa shape index (κ2) is 3.94. The molecule has 1 aromatic heterocycles. The van der Waals surface area contributed by atoms with Crippen molar-refractivity contribution in [3.63, 3.8) is 0 Å². The van der Waals surface area contributed by atoms with Gasteiger partial charge in [-0.1, -0.05) is 11.6 Å². The maximum atomic E-state index is 5.87. The molecule has 1 atom stereocenters. The number of halogens is 1. The van der Waals surface area contributed by atoms with Gasteiger partial charge in [-0.05, 0) is 0 Å². The van der Waals surface area contributed by atoms with Crippen molar-refractivity contribution in [3.05, 3.63) is 23.5 Å². The van der Waals surface area contributed by atoms with Crippen molar-refractivity contribution in [3.8, 4) is 5.75 Å². The Balaban J connectivity index is 2.04. The zero-order valence-electron chi connectivity index (χ0n) is 7.07. The maximum absolute atomic E-state index is 5.87. The highest BCUT2D eigenvalue weighted by Gasteiger charge is 2.17. The molecule has 13 heavy (non-hydrogen) atoms. The molecule has 0 radical (unpaired) electrons. The molecule has 2 heterocycles. The van der Waals surface area contributed by atoms with Crippen LogP contribution in [0.15, 0.2) is 18.5 Å². The van der Waals surface area contributed by atoms with Gasteiger partial charge >= 0.3 is 0 Å². The molecule has 1 aliphatic heterocycles. The standard InChI is InChI=1S/C9H10ClNO2/c10-8-5-11-3-1-9(8)13-7-2-4-12-6-7/h1,3,5,7H,2,4,6H2. The summed E-state index contributed by atoms with van der Waals surface area (Å²) in [4.78, 5) is 3.88. The Hall–Kier alpha value is -0.800. The van der Waals surface area contributed by atoms with Gasteiger partial charge in [0.05, 0.1) is 13.2 Å². The number of hydrogen-bond acceptors (Lipinski definition) is 3. The molecule has 0 aromatic carbocycles. The Morgan fingerprint density at radius 3 is 3.23 bits per heavy atom. The van der Waals surface area contributed by atoms with Crippen LogP contribution in [0.2, 0.25) is 5.02 Å². The van der Waals surface area contributed by atoms with E-state index < -0.39 is 0 Å². The Labute approximate surface area is 81.6 Å². The van der Waals surface area contributed by atoms with Crippen molar-refractivity contribution in [2.75, 3.05) is 13.2 Å². The smallest absolute Gasteiger partial charge is 0.141 e. The van der Waals surface area contributed by atoms with Crippen molar-refractivity contribution in [1.29, 1.82) is 0 Å². The maximum Gasteiger partial charge on any atom is 0.141 e. The van der Waals surface area contributed by atoms with Crippen LogP contribution in [0.5, 0.6) is 5.75 Å². The Bertz CT molecular complexity index is 287. The van der Waals surface area contributed by atoms with Crippen LogP contribution in [0.4, 0.5) is 0 Å². The molecular weight excluding hydrogens is 190 g/mol. The number of rotatable bonds is 2. The minimum Gasteiger partial charge on any atom is -0.486 e. The number of nitrogens with zero attached hydrogens (tertiary/aromatic N) is 1. The van der Waals surface area contributed by atoms with Gasteiger partial charge in [0.1, 0.15) is 16.9 Å². The van der Waals surface area contributed by atoms with Gasteiger partial charge in [-0.3, -0.25) is 4.98 Å². The molecule has 1 fully saturated rings. The van der Waals surface area contributed by atoms with Gasteiger partial charge in [0.25, 0.3) is 0 Å². The fourth-order valence-electron chi connectivity index (χ4n) is 1.24. The second-order valence-electron chi connectivity index (χ2n) is 2.91. The van der Waals surface area contributed by atoms with Crippen LogP contribution in [0.1, 0.15) is 6.42 Å². The van der Waals surface area contributed by atoms with Gasteiger partial charge in [-0.2, -0.15) is 0 Å². The first-order chi connectivity index (χ1) is 6.36. The third-order valence-electron chi connectivity index (χ3n) is 1.92. The molecule has 2 rings (SSSR count). The topological polar surface area (TPSA) is 31.4 Å². The van der Waals surface area contributed by atoms with Crippen molar-refractivity contribution in [2.45, 2.75) is 12.5 Å². The molecule has 0 bridgehead atoms. The van der Waals surface area contributed by atoms with E-state index >= 15 is 0 Å². The van der Waals surface area contributed by atoms with Crippen LogP contribution in [-0.2, 0) is 4.74 Å². The number of ether oxygens (including phenoxy) is 2. The molecule has 3 nitrogen and oxygen atoms in total. The van der Waals surface area contributed by atoms with Crippen LogP contribution in [0, 0.1) is 0 Å².